The number of amides is 1. The molecule has 0 aliphatic carbocycles. The zero-order valence-electron chi connectivity index (χ0n) is 20.3. The smallest absolute Gasteiger partial charge is 0.325 e. The van der Waals surface area contributed by atoms with Gasteiger partial charge in [-0.2, -0.15) is 0 Å². The lowest BCUT2D eigenvalue weighted by Gasteiger charge is -2.55. The molecular formula is C23H41NO4SSi. The monoisotopic (exact) mass is 455 g/mol. The zero-order chi connectivity index (χ0) is 23.4. The summed E-state index contributed by atoms with van der Waals surface area (Å²) in [6.45, 7) is 23.3. The number of carbonyl (C=O) groups is 2. The molecule has 4 atom stereocenters. The minimum atomic E-state index is -1.23. The number of β-lactam (4-membered cyclic amide) rings is 1. The molecule has 1 fully saturated rings. The van der Waals surface area contributed by atoms with E-state index in [4.69, 9.17) is 21.4 Å². The lowest BCUT2D eigenvalue weighted by atomic mass is 9.62. The fourth-order valence-corrected chi connectivity index (χ4v) is 4.87. The maximum atomic E-state index is 13.3. The molecule has 30 heavy (non-hydrogen) atoms. The Morgan fingerprint density at radius 3 is 2.27 bits per heavy atom. The average molecular weight is 456 g/mol. The van der Waals surface area contributed by atoms with Gasteiger partial charge in [-0.1, -0.05) is 73.3 Å². The summed E-state index contributed by atoms with van der Waals surface area (Å²) < 4.78 is 11.2. The van der Waals surface area contributed by atoms with Gasteiger partial charge in [-0.3, -0.25) is 9.59 Å². The molecule has 0 spiro atoms. The van der Waals surface area contributed by atoms with Crippen LogP contribution in [-0.2, 0) is 18.8 Å². The van der Waals surface area contributed by atoms with Gasteiger partial charge in [0.1, 0.15) is 13.2 Å². The van der Waals surface area contributed by atoms with Crippen LogP contribution >= 0.6 is 12.2 Å². The Kier molecular flexibility index (Phi) is 9.45. The summed E-state index contributed by atoms with van der Waals surface area (Å²) in [5.41, 5.74) is -0.272. The summed E-state index contributed by atoms with van der Waals surface area (Å²) in [7, 11) is -1.23. The third kappa shape index (κ3) is 6.72. The van der Waals surface area contributed by atoms with Gasteiger partial charge in [0.05, 0.1) is 12.0 Å². The van der Waals surface area contributed by atoms with Crippen LogP contribution in [0.25, 0.3) is 0 Å². The molecule has 5 nitrogen and oxygen atoms in total. The SMILES string of the molecule is C=CCOC(=O)CN1C(=O)[C@@H]([C@@H](CO[SiH](C)C)C(C)(C)C)[C@H]1[C@@H](C)C(=S)C(C)(C)C. The standard InChI is InChI=1S/C23H41NO4SSi/c1-11-12-27-17(25)13-24-19(15(2)20(29)23(6,7)8)18(21(24)26)16(22(3,4)5)14-28-30(9)10/h11,15-16,18-19,30H,1,12-14H2,2-10H3/t15-,16-,18+,19-/m1/s1. The predicted molar refractivity (Wildman–Crippen MR) is 129 cm³/mol. The van der Waals surface area contributed by atoms with Crippen LogP contribution < -0.4 is 0 Å². The van der Waals surface area contributed by atoms with Crippen LogP contribution in [0, 0.1) is 28.6 Å². The minimum absolute atomic E-state index is 0.00643. The second kappa shape index (κ2) is 10.5. The molecule has 0 N–H and O–H groups in total. The molecule has 1 rings (SSSR count). The Labute approximate surface area is 190 Å². The van der Waals surface area contributed by atoms with Crippen molar-refractivity contribution in [3.05, 3.63) is 12.7 Å². The lowest BCUT2D eigenvalue weighted by Crippen LogP contribution is -2.69. The molecule has 1 aliphatic rings. The fourth-order valence-electron chi connectivity index (χ4n) is 4.13. The summed E-state index contributed by atoms with van der Waals surface area (Å²) in [5, 5.41) is 0. The Balaban J connectivity index is 3.24. The molecule has 1 amide bonds. The van der Waals surface area contributed by atoms with E-state index in [0.717, 1.165) is 4.86 Å². The first-order valence-corrected chi connectivity index (χ1v) is 14.0. The van der Waals surface area contributed by atoms with Crippen LogP contribution in [0.15, 0.2) is 12.7 Å². The van der Waals surface area contributed by atoms with Crippen molar-refractivity contribution in [1.82, 2.24) is 4.90 Å². The fraction of sp³-hybridized carbons (Fsp3) is 0.783. The van der Waals surface area contributed by atoms with E-state index in [0.29, 0.717) is 6.61 Å². The van der Waals surface area contributed by atoms with Crippen LogP contribution in [-0.4, -0.2) is 56.5 Å². The third-order valence-corrected chi connectivity index (χ3v) is 7.62. The van der Waals surface area contributed by atoms with Gasteiger partial charge in [0.2, 0.25) is 5.91 Å². The second-order valence-electron chi connectivity index (χ2n) is 10.7. The number of rotatable bonds is 10. The highest BCUT2D eigenvalue weighted by Gasteiger charge is 2.56. The van der Waals surface area contributed by atoms with E-state index in [-0.39, 0.29) is 53.7 Å². The largest absolute Gasteiger partial charge is 0.460 e. The number of esters is 1. The van der Waals surface area contributed by atoms with Crippen molar-refractivity contribution in [2.24, 2.45) is 28.6 Å². The summed E-state index contributed by atoms with van der Waals surface area (Å²) >= 11 is 5.81. The number of likely N-dealkylation sites (tertiary alicyclic amines) is 1. The maximum Gasteiger partial charge on any atom is 0.325 e. The van der Waals surface area contributed by atoms with Gasteiger partial charge < -0.3 is 14.1 Å². The van der Waals surface area contributed by atoms with Gasteiger partial charge in [-0.25, -0.2) is 0 Å². The van der Waals surface area contributed by atoms with Gasteiger partial charge in [-0.15, -0.1) is 0 Å². The van der Waals surface area contributed by atoms with Crippen LogP contribution in [0.4, 0.5) is 0 Å². The third-order valence-electron chi connectivity index (χ3n) is 5.78. The van der Waals surface area contributed by atoms with Crippen molar-refractivity contribution in [2.45, 2.75) is 67.6 Å². The molecular weight excluding hydrogens is 414 g/mol. The molecule has 172 valence electrons. The van der Waals surface area contributed by atoms with Crippen LogP contribution in [0.2, 0.25) is 13.1 Å². The Hall–Kier alpha value is -1.05. The van der Waals surface area contributed by atoms with E-state index in [1.807, 2.05) is 0 Å². The summed E-state index contributed by atoms with van der Waals surface area (Å²) in [6, 6.07) is -0.137. The van der Waals surface area contributed by atoms with Gasteiger partial charge in [0.15, 0.2) is 9.04 Å². The molecule has 0 unspecified atom stereocenters. The van der Waals surface area contributed by atoms with Crippen molar-refractivity contribution >= 4 is 38.0 Å². The Morgan fingerprint density at radius 2 is 1.83 bits per heavy atom. The quantitative estimate of drug-likeness (QED) is 0.162. The number of ether oxygens (including phenoxy) is 1. The molecule has 0 aromatic heterocycles. The maximum absolute atomic E-state index is 13.3. The van der Waals surface area contributed by atoms with E-state index in [2.05, 4.69) is 68.1 Å². The highest BCUT2D eigenvalue weighted by Crippen LogP contribution is 2.46. The van der Waals surface area contributed by atoms with E-state index >= 15 is 0 Å². The molecule has 0 aromatic carbocycles. The predicted octanol–water partition coefficient (Wildman–Crippen LogP) is 4.26. The first kappa shape index (κ1) is 27.0. The van der Waals surface area contributed by atoms with Crippen molar-refractivity contribution in [2.75, 3.05) is 19.8 Å². The molecule has 1 heterocycles. The topological polar surface area (TPSA) is 55.8 Å². The highest BCUT2D eigenvalue weighted by molar-refractivity contribution is 7.80. The van der Waals surface area contributed by atoms with Crippen molar-refractivity contribution < 1.29 is 18.8 Å². The van der Waals surface area contributed by atoms with E-state index in [1.54, 1.807) is 4.90 Å². The number of hydrogen-bond acceptors (Lipinski definition) is 5. The summed E-state index contributed by atoms with van der Waals surface area (Å²) in [6.07, 6.45) is 1.52. The molecule has 7 heteroatoms. The van der Waals surface area contributed by atoms with Gasteiger partial charge >= 0.3 is 5.97 Å². The molecule has 1 saturated heterocycles. The second-order valence-corrected chi connectivity index (χ2v) is 13.6. The molecule has 1 aliphatic heterocycles. The minimum Gasteiger partial charge on any atom is -0.460 e. The van der Waals surface area contributed by atoms with Gasteiger partial charge in [0.25, 0.3) is 0 Å². The average Bonchev–Trinajstić information content (AvgIpc) is 2.60. The number of thiocarbonyl (C=S) groups is 1. The van der Waals surface area contributed by atoms with E-state index in [9.17, 15) is 9.59 Å². The molecule has 0 radical (unpaired) electrons. The number of nitrogens with zero attached hydrogens (tertiary/aromatic N) is 1. The van der Waals surface area contributed by atoms with E-state index in [1.165, 1.54) is 6.08 Å². The van der Waals surface area contributed by atoms with Gasteiger partial charge in [-0.05, 0) is 29.8 Å². The molecule has 0 bridgehead atoms. The molecule has 0 saturated carbocycles. The number of hydrogen-bond donors (Lipinski definition) is 0. The first-order chi connectivity index (χ1) is 13.6. The van der Waals surface area contributed by atoms with Crippen LogP contribution in [0.3, 0.4) is 0 Å². The Morgan fingerprint density at radius 1 is 1.27 bits per heavy atom. The number of carbonyl (C=O) groups excluding carboxylic acids is 2. The molecule has 0 aromatic rings. The van der Waals surface area contributed by atoms with Gasteiger partial charge in [0, 0.05) is 17.4 Å². The van der Waals surface area contributed by atoms with Crippen molar-refractivity contribution in [3.8, 4) is 0 Å². The van der Waals surface area contributed by atoms with Crippen molar-refractivity contribution in [1.29, 1.82) is 0 Å². The lowest BCUT2D eigenvalue weighted by molar-refractivity contribution is -0.174. The first-order valence-electron chi connectivity index (χ1n) is 10.9. The van der Waals surface area contributed by atoms with Crippen LogP contribution in [0.1, 0.15) is 48.5 Å². The highest BCUT2D eigenvalue weighted by atomic mass is 32.1. The zero-order valence-corrected chi connectivity index (χ0v) is 22.3. The summed E-state index contributed by atoms with van der Waals surface area (Å²) in [4.78, 5) is 28.1. The Bertz CT molecular complexity index is 651. The van der Waals surface area contributed by atoms with Crippen LogP contribution in [0.5, 0.6) is 0 Å². The van der Waals surface area contributed by atoms with Crippen molar-refractivity contribution in [3.63, 3.8) is 0 Å². The summed E-state index contributed by atoms with van der Waals surface area (Å²) in [5.74, 6) is -0.612. The normalized spacial score (nSPS) is 21.8. The van der Waals surface area contributed by atoms with E-state index < -0.39 is 15.0 Å².